The molecule has 3 atom stereocenters. The molecule has 3 unspecified atom stereocenters. The Morgan fingerprint density at radius 3 is 3.06 bits per heavy atom. The molecule has 0 radical (unpaired) electrons. The third kappa shape index (κ3) is 3.49. The number of alkyl halides is 1. The zero-order valence-electron chi connectivity index (χ0n) is 9.87. The van der Waals surface area contributed by atoms with Crippen LogP contribution in [0.25, 0.3) is 0 Å². The number of carbonyl (C=O) groups excluding carboxylic acids is 2. The number of hydrogen-bond acceptors (Lipinski definition) is 3. The van der Waals surface area contributed by atoms with Gasteiger partial charge in [0, 0.05) is 0 Å². The molecule has 2 N–H and O–H groups in total. The summed E-state index contributed by atoms with van der Waals surface area (Å²) < 4.78 is 0.469. The molecule has 98 valence electrons. The van der Waals surface area contributed by atoms with E-state index in [1.807, 2.05) is 16.7 Å². The second-order valence-corrected chi connectivity index (χ2v) is 7.97. The van der Waals surface area contributed by atoms with Crippen molar-refractivity contribution in [1.82, 2.24) is 10.6 Å². The van der Waals surface area contributed by atoms with Crippen LogP contribution in [0.15, 0.2) is 0 Å². The van der Waals surface area contributed by atoms with Crippen LogP contribution in [-0.4, -0.2) is 37.8 Å². The zero-order valence-corrected chi connectivity index (χ0v) is 12.8. The third-order valence-corrected chi connectivity index (χ3v) is 6.51. The van der Waals surface area contributed by atoms with Gasteiger partial charge in [-0.2, -0.15) is 0 Å². The Kier molecular flexibility index (Phi) is 4.96. The van der Waals surface area contributed by atoms with E-state index in [0.717, 1.165) is 31.4 Å². The topological polar surface area (TPSA) is 58.2 Å². The minimum absolute atomic E-state index is 0.0174. The number of fused-ring (bicyclic) bond motifs is 1. The minimum atomic E-state index is -0.211. The summed E-state index contributed by atoms with van der Waals surface area (Å²) >= 11 is 1.73. The molecule has 2 rings (SSSR count). The van der Waals surface area contributed by atoms with Crippen LogP contribution in [0.5, 0.6) is 0 Å². The number of carbonyl (C=O) groups is 2. The van der Waals surface area contributed by atoms with Crippen molar-refractivity contribution < 1.29 is 30.8 Å². The van der Waals surface area contributed by atoms with E-state index in [0.29, 0.717) is 21.1 Å². The first-order valence-electron chi connectivity index (χ1n) is 5.91. The SMILES string of the molecule is C[I-]C(=O)CCCCC1SCC2NC(=O)NC21. The number of unbranched alkanes of at least 4 members (excludes halogenated alkanes) is 1. The molecular formula is C11H18IN2O2S-. The molecule has 2 heterocycles. The van der Waals surface area contributed by atoms with Gasteiger partial charge >= 0.3 is 117 Å². The monoisotopic (exact) mass is 369 g/mol. The molecule has 0 aromatic heterocycles. The van der Waals surface area contributed by atoms with Crippen molar-refractivity contribution in [1.29, 1.82) is 0 Å². The second-order valence-electron chi connectivity index (χ2n) is 4.41. The molecule has 2 aliphatic heterocycles. The fourth-order valence-electron chi connectivity index (χ4n) is 2.35. The molecule has 2 fully saturated rings. The number of amides is 2. The summed E-state index contributed by atoms with van der Waals surface area (Å²) in [5.74, 6) is 1.02. The van der Waals surface area contributed by atoms with Gasteiger partial charge in [-0.1, -0.05) is 0 Å². The Hall–Kier alpha value is 0.0200. The first kappa shape index (κ1) is 13.5. The molecular weight excluding hydrogens is 351 g/mol. The zero-order chi connectivity index (χ0) is 12.3. The number of rotatable bonds is 6. The Morgan fingerprint density at radius 1 is 1.47 bits per heavy atom. The average molecular weight is 369 g/mol. The Balaban J connectivity index is 1.66. The van der Waals surface area contributed by atoms with Crippen LogP contribution in [0.2, 0.25) is 0 Å². The molecule has 4 nitrogen and oxygen atoms in total. The molecule has 0 bridgehead atoms. The Bertz CT molecular complexity index is 314. The predicted molar refractivity (Wildman–Crippen MR) is 64.9 cm³/mol. The molecule has 0 aromatic rings. The van der Waals surface area contributed by atoms with Crippen LogP contribution in [0.4, 0.5) is 4.79 Å². The molecule has 0 saturated carbocycles. The van der Waals surface area contributed by atoms with Crippen LogP contribution in [-0.2, 0) is 4.79 Å². The molecule has 2 aliphatic rings. The fraction of sp³-hybridized carbons (Fsp3) is 0.818. The number of thioether (sulfide) groups is 1. The van der Waals surface area contributed by atoms with Gasteiger partial charge in [-0.3, -0.25) is 0 Å². The molecule has 2 amide bonds. The summed E-state index contributed by atoms with van der Waals surface area (Å²) in [6, 6.07) is 0.610. The fourth-order valence-corrected chi connectivity index (χ4v) is 4.81. The van der Waals surface area contributed by atoms with Crippen molar-refractivity contribution in [3.63, 3.8) is 0 Å². The van der Waals surface area contributed by atoms with Crippen molar-refractivity contribution in [2.24, 2.45) is 0 Å². The van der Waals surface area contributed by atoms with Crippen molar-refractivity contribution in [2.45, 2.75) is 43.0 Å². The second kappa shape index (κ2) is 6.26. The quantitative estimate of drug-likeness (QED) is 0.187. The van der Waals surface area contributed by atoms with Crippen LogP contribution < -0.4 is 31.8 Å². The van der Waals surface area contributed by atoms with E-state index in [4.69, 9.17) is 0 Å². The molecule has 17 heavy (non-hydrogen) atoms. The van der Waals surface area contributed by atoms with E-state index >= 15 is 0 Å². The normalized spacial score (nSPS) is 31.1. The van der Waals surface area contributed by atoms with Gasteiger partial charge in [0.1, 0.15) is 0 Å². The summed E-state index contributed by atoms with van der Waals surface area (Å²) in [5, 5.41) is 6.47. The molecule has 2 saturated heterocycles. The summed E-state index contributed by atoms with van der Waals surface area (Å²) in [6.07, 6.45) is 4.00. The van der Waals surface area contributed by atoms with Crippen LogP contribution in [0.1, 0.15) is 25.7 Å². The third-order valence-electron chi connectivity index (χ3n) is 3.26. The summed E-state index contributed by atoms with van der Waals surface area (Å²) in [5.41, 5.74) is 0. The van der Waals surface area contributed by atoms with Gasteiger partial charge in [0.25, 0.3) is 0 Å². The van der Waals surface area contributed by atoms with Gasteiger partial charge in [0.2, 0.25) is 0 Å². The van der Waals surface area contributed by atoms with Gasteiger partial charge in [-0.05, 0) is 0 Å². The Morgan fingerprint density at radius 2 is 2.29 bits per heavy atom. The van der Waals surface area contributed by atoms with Crippen LogP contribution in [0, 0.1) is 0 Å². The van der Waals surface area contributed by atoms with E-state index in [1.54, 1.807) is 0 Å². The summed E-state index contributed by atoms with van der Waals surface area (Å²) in [6.45, 7) is 0. The van der Waals surface area contributed by atoms with E-state index in [2.05, 4.69) is 10.6 Å². The van der Waals surface area contributed by atoms with E-state index in [-0.39, 0.29) is 27.2 Å². The van der Waals surface area contributed by atoms with E-state index < -0.39 is 0 Å². The standard InChI is InChI=1S/C11H18IN2O2S/c1-12-9(15)5-3-2-4-8-10-7(6-17-8)13-11(16)14-10/h7-8,10H,2-6H2,1H3,(H2,13,14,16)/q-1. The predicted octanol–water partition coefficient (Wildman–Crippen LogP) is -2.04. The molecule has 0 spiro atoms. The number of hydrogen-bond donors (Lipinski definition) is 2. The average Bonchev–Trinajstić information content (AvgIpc) is 2.84. The van der Waals surface area contributed by atoms with Gasteiger partial charge in [0.15, 0.2) is 0 Å². The maximum atomic E-state index is 11.2. The Labute approximate surface area is 116 Å². The summed E-state index contributed by atoms with van der Waals surface area (Å²) in [4.78, 5) is 24.4. The number of urea groups is 1. The van der Waals surface area contributed by atoms with E-state index in [9.17, 15) is 9.59 Å². The van der Waals surface area contributed by atoms with Crippen molar-refractivity contribution in [3.8, 4) is 0 Å². The molecule has 0 aliphatic carbocycles. The van der Waals surface area contributed by atoms with Crippen molar-refractivity contribution >= 4 is 21.6 Å². The van der Waals surface area contributed by atoms with Gasteiger partial charge in [-0.15, -0.1) is 0 Å². The summed E-state index contributed by atoms with van der Waals surface area (Å²) in [7, 11) is 0. The number of nitrogens with one attached hydrogen (secondary N) is 2. The van der Waals surface area contributed by atoms with E-state index in [1.165, 1.54) is 0 Å². The van der Waals surface area contributed by atoms with Crippen LogP contribution in [0.3, 0.4) is 0 Å². The number of halogens is 1. The van der Waals surface area contributed by atoms with Crippen molar-refractivity contribution in [3.05, 3.63) is 0 Å². The first-order valence-corrected chi connectivity index (χ1v) is 10.2. The van der Waals surface area contributed by atoms with Crippen LogP contribution >= 0.6 is 11.8 Å². The van der Waals surface area contributed by atoms with Gasteiger partial charge < -0.3 is 0 Å². The van der Waals surface area contributed by atoms with Gasteiger partial charge in [0.05, 0.1) is 0 Å². The van der Waals surface area contributed by atoms with Crippen molar-refractivity contribution in [2.75, 3.05) is 10.7 Å². The first-order chi connectivity index (χ1) is 8.20. The maximum absolute atomic E-state index is 11.2. The van der Waals surface area contributed by atoms with Gasteiger partial charge in [-0.25, -0.2) is 0 Å². The molecule has 6 heteroatoms. The molecule has 0 aromatic carbocycles.